The molecule has 0 atom stereocenters. The van der Waals surface area contributed by atoms with E-state index in [0.29, 0.717) is 23.7 Å². The largest absolute Gasteiger partial charge is 0.494 e. The number of nitrogens with zero attached hydrogens (tertiary/aromatic N) is 2. The van der Waals surface area contributed by atoms with Crippen molar-refractivity contribution in [2.24, 2.45) is 5.92 Å². The van der Waals surface area contributed by atoms with Crippen molar-refractivity contribution in [2.45, 2.75) is 77.6 Å². The van der Waals surface area contributed by atoms with Crippen LogP contribution >= 0.6 is 0 Å². The topological polar surface area (TPSA) is 56.8 Å². The molecule has 2 aromatic rings. The maximum atomic E-state index is 9.94. The molecule has 31 heavy (non-hydrogen) atoms. The Labute approximate surface area is 187 Å². The molecule has 2 aromatic carbocycles. The molecule has 0 amide bonds. The molecule has 1 fully saturated rings. The van der Waals surface area contributed by atoms with Crippen LogP contribution in [-0.2, 0) is 0 Å². The van der Waals surface area contributed by atoms with Crippen molar-refractivity contribution in [1.29, 1.82) is 10.5 Å². The molecule has 3 heteroatoms. The summed E-state index contributed by atoms with van der Waals surface area (Å²) in [5, 5.41) is 19.9. The summed E-state index contributed by atoms with van der Waals surface area (Å²) in [4.78, 5) is 0. The number of hydrogen-bond donors (Lipinski definition) is 0. The Morgan fingerprint density at radius 3 is 2.13 bits per heavy atom. The van der Waals surface area contributed by atoms with Crippen molar-refractivity contribution >= 4 is 0 Å². The Morgan fingerprint density at radius 2 is 1.52 bits per heavy atom. The second kappa shape index (κ2) is 11.6. The van der Waals surface area contributed by atoms with Gasteiger partial charge in [-0.15, -0.1) is 0 Å². The lowest BCUT2D eigenvalue weighted by Crippen LogP contribution is -2.15. The highest BCUT2D eigenvalue weighted by Gasteiger charge is 2.26. The number of benzene rings is 2. The third kappa shape index (κ3) is 5.68. The van der Waals surface area contributed by atoms with Gasteiger partial charge in [-0.1, -0.05) is 63.8 Å². The molecule has 162 valence electrons. The van der Waals surface area contributed by atoms with Crippen LogP contribution in [0.4, 0.5) is 0 Å². The summed E-state index contributed by atoms with van der Waals surface area (Å²) in [6.45, 7) is 5.11. The van der Waals surface area contributed by atoms with E-state index in [1.54, 1.807) is 0 Å². The quantitative estimate of drug-likeness (QED) is 0.394. The van der Waals surface area contributed by atoms with Gasteiger partial charge in [-0.3, -0.25) is 0 Å². The Balaban J connectivity index is 1.80. The third-order valence-corrected chi connectivity index (χ3v) is 6.65. The van der Waals surface area contributed by atoms with Gasteiger partial charge in [0.25, 0.3) is 0 Å². The van der Waals surface area contributed by atoms with E-state index in [1.165, 1.54) is 32.1 Å². The summed E-state index contributed by atoms with van der Waals surface area (Å²) in [5.74, 6) is 2.06. The fraction of sp³-hybridized carbons (Fsp3) is 0.500. The van der Waals surface area contributed by atoms with Crippen LogP contribution in [-0.4, -0.2) is 6.61 Å². The molecule has 0 N–H and O–H groups in total. The Bertz CT molecular complexity index is 925. The summed E-state index contributed by atoms with van der Waals surface area (Å²) < 4.78 is 5.75. The van der Waals surface area contributed by atoms with Crippen LogP contribution in [0.25, 0.3) is 11.1 Å². The molecular weight excluding hydrogens is 380 g/mol. The van der Waals surface area contributed by atoms with E-state index < -0.39 is 0 Å². The van der Waals surface area contributed by atoms with Gasteiger partial charge in [0.15, 0.2) is 0 Å². The molecule has 1 saturated carbocycles. The van der Waals surface area contributed by atoms with E-state index in [0.717, 1.165) is 54.0 Å². The standard InChI is InChI=1S/C28H34N2O/c1-3-5-7-21-8-10-22(11-9-21)25-16-17-26(28(20-30)27(25)19-29)23-12-14-24(15-13-23)31-18-6-4-2/h12-17,21-22H,3-11,18H2,1-2H3/t21-,22-. The van der Waals surface area contributed by atoms with Crippen LogP contribution in [0.3, 0.4) is 0 Å². The molecule has 0 aromatic heterocycles. The minimum Gasteiger partial charge on any atom is -0.494 e. The van der Waals surface area contributed by atoms with Gasteiger partial charge in [-0.2, -0.15) is 10.5 Å². The first-order valence-corrected chi connectivity index (χ1v) is 11.9. The van der Waals surface area contributed by atoms with Gasteiger partial charge in [-0.05, 0) is 67.2 Å². The van der Waals surface area contributed by atoms with Crippen LogP contribution in [0.2, 0.25) is 0 Å². The molecule has 0 radical (unpaired) electrons. The van der Waals surface area contributed by atoms with Gasteiger partial charge in [-0.25, -0.2) is 0 Å². The zero-order valence-electron chi connectivity index (χ0n) is 19.0. The van der Waals surface area contributed by atoms with Gasteiger partial charge in [0, 0.05) is 5.56 Å². The van der Waals surface area contributed by atoms with Crippen LogP contribution in [0, 0.1) is 28.6 Å². The molecule has 0 saturated heterocycles. The number of unbranched alkanes of at least 4 members (excludes halogenated alkanes) is 2. The Hall–Kier alpha value is -2.78. The first-order chi connectivity index (χ1) is 15.2. The highest BCUT2D eigenvalue weighted by Crippen LogP contribution is 2.41. The monoisotopic (exact) mass is 414 g/mol. The zero-order valence-corrected chi connectivity index (χ0v) is 19.0. The molecule has 0 heterocycles. The Morgan fingerprint density at radius 1 is 0.839 bits per heavy atom. The number of hydrogen-bond acceptors (Lipinski definition) is 3. The average molecular weight is 415 g/mol. The minimum atomic E-state index is 0.392. The summed E-state index contributed by atoms with van der Waals surface area (Å²) >= 11 is 0. The van der Waals surface area contributed by atoms with Crippen molar-refractivity contribution in [2.75, 3.05) is 6.61 Å². The molecular formula is C28H34N2O. The van der Waals surface area contributed by atoms with Gasteiger partial charge in [0.1, 0.15) is 17.9 Å². The first kappa shape index (κ1) is 22.9. The summed E-state index contributed by atoms with van der Waals surface area (Å²) in [7, 11) is 0. The van der Waals surface area contributed by atoms with Gasteiger partial charge < -0.3 is 4.74 Å². The lowest BCUT2D eigenvalue weighted by Gasteiger charge is -2.29. The van der Waals surface area contributed by atoms with Crippen molar-refractivity contribution in [3.8, 4) is 29.0 Å². The van der Waals surface area contributed by atoms with Crippen molar-refractivity contribution < 1.29 is 4.74 Å². The highest BCUT2D eigenvalue weighted by atomic mass is 16.5. The maximum Gasteiger partial charge on any atom is 0.119 e. The van der Waals surface area contributed by atoms with Gasteiger partial charge in [0.2, 0.25) is 0 Å². The lowest BCUT2D eigenvalue weighted by molar-refractivity contribution is 0.304. The fourth-order valence-electron chi connectivity index (χ4n) is 4.76. The molecule has 0 aliphatic heterocycles. The number of nitriles is 2. The normalized spacial score (nSPS) is 18.2. The first-order valence-electron chi connectivity index (χ1n) is 11.9. The molecule has 1 aliphatic rings. The third-order valence-electron chi connectivity index (χ3n) is 6.65. The number of rotatable bonds is 9. The van der Waals surface area contributed by atoms with Crippen molar-refractivity contribution in [3.63, 3.8) is 0 Å². The van der Waals surface area contributed by atoms with Crippen LogP contribution in [0.1, 0.15) is 94.2 Å². The van der Waals surface area contributed by atoms with E-state index in [-0.39, 0.29) is 0 Å². The van der Waals surface area contributed by atoms with Crippen LogP contribution < -0.4 is 4.74 Å². The average Bonchev–Trinajstić information content (AvgIpc) is 2.82. The lowest BCUT2D eigenvalue weighted by atomic mass is 9.75. The SMILES string of the molecule is CCCCOc1ccc(-c2ccc([C@H]3CC[C@H](CCCC)CC3)c(C#N)c2C#N)cc1. The minimum absolute atomic E-state index is 0.392. The maximum absolute atomic E-state index is 9.94. The fourth-order valence-corrected chi connectivity index (χ4v) is 4.76. The van der Waals surface area contributed by atoms with Crippen LogP contribution in [0.15, 0.2) is 36.4 Å². The summed E-state index contributed by atoms with van der Waals surface area (Å²) in [6, 6.07) is 16.7. The second-order valence-electron chi connectivity index (χ2n) is 8.76. The van der Waals surface area contributed by atoms with E-state index >= 15 is 0 Å². The molecule has 0 bridgehead atoms. The predicted octanol–water partition coefficient (Wildman–Crippen LogP) is 7.74. The summed E-state index contributed by atoms with van der Waals surface area (Å²) in [6.07, 6.45) is 10.8. The zero-order chi connectivity index (χ0) is 22.1. The van der Waals surface area contributed by atoms with Crippen LogP contribution in [0.5, 0.6) is 5.75 Å². The van der Waals surface area contributed by atoms with E-state index in [2.05, 4.69) is 32.1 Å². The second-order valence-corrected chi connectivity index (χ2v) is 8.76. The van der Waals surface area contributed by atoms with E-state index in [1.807, 2.05) is 30.3 Å². The van der Waals surface area contributed by atoms with Gasteiger partial charge >= 0.3 is 0 Å². The molecule has 0 unspecified atom stereocenters. The predicted molar refractivity (Wildman–Crippen MR) is 126 cm³/mol. The Kier molecular flexibility index (Phi) is 8.54. The smallest absolute Gasteiger partial charge is 0.119 e. The van der Waals surface area contributed by atoms with Crippen molar-refractivity contribution in [1.82, 2.24) is 0 Å². The highest BCUT2D eigenvalue weighted by molar-refractivity contribution is 5.75. The molecule has 0 spiro atoms. The van der Waals surface area contributed by atoms with E-state index in [4.69, 9.17) is 4.74 Å². The van der Waals surface area contributed by atoms with Crippen molar-refractivity contribution in [3.05, 3.63) is 53.1 Å². The van der Waals surface area contributed by atoms with Gasteiger partial charge in [0.05, 0.1) is 17.7 Å². The molecule has 1 aliphatic carbocycles. The molecule has 3 rings (SSSR count). The number of ether oxygens (including phenoxy) is 1. The molecule has 3 nitrogen and oxygen atoms in total. The van der Waals surface area contributed by atoms with E-state index in [9.17, 15) is 10.5 Å². The summed E-state index contributed by atoms with van der Waals surface area (Å²) in [5.41, 5.74) is 3.93.